The highest BCUT2D eigenvalue weighted by atomic mass is 19.1. The number of carbonyl (C=O) groups is 1. The predicted molar refractivity (Wildman–Crippen MR) is 58.3 cm³/mol. The molecule has 2 aromatic rings. The Morgan fingerprint density at radius 1 is 1.29 bits per heavy atom. The van der Waals surface area contributed by atoms with Crippen LogP contribution in [0.15, 0.2) is 36.5 Å². The van der Waals surface area contributed by atoms with Crippen LogP contribution in [0.1, 0.15) is 10.4 Å². The quantitative estimate of drug-likeness (QED) is 0.834. The maximum absolute atomic E-state index is 13.2. The first kappa shape index (κ1) is 11.1. The third-order valence-corrected chi connectivity index (χ3v) is 2.26. The van der Waals surface area contributed by atoms with Crippen molar-refractivity contribution in [3.63, 3.8) is 0 Å². The van der Waals surface area contributed by atoms with Crippen molar-refractivity contribution < 1.29 is 19.4 Å². The predicted octanol–water partition coefficient (Wildman–Crippen LogP) is 2.29. The third kappa shape index (κ3) is 2.08. The highest BCUT2D eigenvalue weighted by Gasteiger charge is 2.13. The first-order chi connectivity index (χ1) is 8.09. The molecule has 1 heterocycles. The molecule has 0 radical (unpaired) electrons. The molecule has 1 aromatic heterocycles. The van der Waals surface area contributed by atoms with E-state index in [1.54, 1.807) is 0 Å². The number of hydrogen-bond acceptors (Lipinski definition) is 3. The molecule has 0 bridgehead atoms. The second-order valence-electron chi connectivity index (χ2n) is 3.37. The smallest absolute Gasteiger partial charge is 0.337 e. The number of carboxylic acid groups (broad SMARTS) is 1. The van der Waals surface area contributed by atoms with Crippen molar-refractivity contribution in [1.82, 2.24) is 4.98 Å². The van der Waals surface area contributed by atoms with Crippen LogP contribution in [0.5, 0.6) is 5.75 Å². The number of pyridine rings is 1. The number of aromatic carboxylic acids is 1. The van der Waals surface area contributed by atoms with Gasteiger partial charge in [0.15, 0.2) is 11.6 Å². The molecule has 0 saturated heterocycles. The summed E-state index contributed by atoms with van der Waals surface area (Å²) in [6, 6.07) is 6.49. The fourth-order valence-electron chi connectivity index (χ4n) is 1.46. The molecule has 0 spiro atoms. The van der Waals surface area contributed by atoms with E-state index in [0.717, 1.165) is 12.1 Å². The van der Waals surface area contributed by atoms with Crippen LogP contribution < -0.4 is 0 Å². The maximum atomic E-state index is 13.2. The van der Waals surface area contributed by atoms with Gasteiger partial charge in [-0.05, 0) is 30.3 Å². The second-order valence-corrected chi connectivity index (χ2v) is 3.37. The van der Waals surface area contributed by atoms with Crippen molar-refractivity contribution >= 4 is 5.97 Å². The van der Waals surface area contributed by atoms with Gasteiger partial charge < -0.3 is 10.2 Å². The van der Waals surface area contributed by atoms with Crippen LogP contribution >= 0.6 is 0 Å². The van der Waals surface area contributed by atoms with Gasteiger partial charge in [0.1, 0.15) is 0 Å². The molecule has 0 aliphatic carbocycles. The average molecular weight is 233 g/mol. The van der Waals surface area contributed by atoms with Crippen molar-refractivity contribution in [2.24, 2.45) is 0 Å². The van der Waals surface area contributed by atoms with E-state index in [2.05, 4.69) is 4.98 Å². The maximum Gasteiger partial charge on any atom is 0.337 e. The van der Waals surface area contributed by atoms with Crippen molar-refractivity contribution in [3.05, 3.63) is 47.9 Å². The van der Waals surface area contributed by atoms with Crippen molar-refractivity contribution in [1.29, 1.82) is 0 Å². The van der Waals surface area contributed by atoms with E-state index in [9.17, 15) is 9.18 Å². The minimum atomic E-state index is -1.14. The molecule has 2 N–H and O–H groups in total. The highest BCUT2D eigenvalue weighted by molar-refractivity contribution is 5.94. The molecule has 2 rings (SSSR count). The minimum Gasteiger partial charge on any atom is -0.505 e. The minimum absolute atomic E-state index is 0.0161. The van der Waals surface area contributed by atoms with Gasteiger partial charge in [-0.15, -0.1) is 0 Å². The molecule has 1 aromatic carbocycles. The summed E-state index contributed by atoms with van der Waals surface area (Å²) in [6.07, 6.45) is 1.42. The number of benzene rings is 1. The molecular formula is C12H8FNO3. The molecule has 0 aliphatic rings. The van der Waals surface area contributed by atoms with E-state index in [4.69, 9.17) is 10.2 Å². The second kappa shape index (κ2) is 4.21. The number of carboxylic acids is 1. The van der Waals surface area contributed by atoms with E-state index in [1.165, 1.54) is 24.4 Å². The van der Waals surface area contributed by atoms with Crippen LogP contribution in [0.3, 0.4) is 0 Å². The zero-order chi connectivity index (χ0) is 12.4. The Bertz CT molecular complexity index is 584. The lowest BCUT2D eigenvalue weighted by Crippen LogP contribution is -2.01. The lowest BCUT2D eigenvalue weighted by Gasteiger charge is -2.05. The van der Waals surface area contributed by atoms with Crippen molar-refractivity contribution in [2.75, 3.05) is 0 Å². The SMILES string of the molecule is O=C(O)c1cccnc1-c1ccc(O)c(F)c1. The number of aromatic nitrogens is 1. The number of halogens is 1. The number of aromatic hydroxyl groups is 1. The normalized spacial score (nSPS) is 10.2. The molecule has 4 nitrogen and oxygen atoms in total. The summed E-state index contributed by atoms with van der Waals surface area (Å²) in [5, 5.41) is 18.0. The standard InChI is InChI=1S/C12H8FNO3/c13-9-6-7(3-4-10(9)15)11-8(12(16)17)2-1-5-14-11/h1-6,15H,(H,16,17). The Balaban J connectivity index is 2.60. The number of nitrogens with zero attached hydrogens (tertiary/aromatic N) is 1. The molecule has 17 heavy (non-hydrogen) atoms. The van der Waals surface area contributed by atoms with E-state index >= 15 is 0 Å². The summed E-state index contributed by atoms with van der Waals surface area (Å²) in [4.78, 5) is 14.9. The largest absolute Gasteiger partial charge is 0.505 e. The summed E-state index contributed by atoms with van der Waals surface area (Å²) in [5.74, 6) is -2.44. The van der Waals surface area contributed by atoms with Crippen LogP contribution in [0.4, 0.5) is 4.39 Å². The zero-order valence-electron chi connectivity index (χ0n) is 8.59. The van der Waals surface area contributed by atoms with Gasteiger partial charge in [0.25, 0.3) is 0 Å². The number of hydrogen-bond donors (Lipinski definition) is 2. The van der Waals surface area contributed by atoms with E-state index in [1.807, 2.05) is 0 Å². The average Bonchev–Trinajstić information content (AvgIpc) is 2.32. The molecule has 0 atom stereocenters. The first-order valence-corrected chi connectivity index (χ1v) is 4.77. The van der Waals surface area contributed by atoms with Gasteiger partial charge in [0, 0.05) is 11.8 Å². The Kier molecular flexibility index (Phi) is 2.74. The van der Waals surface area contributed by atoms with Crippen LogP contribution in [0.25, 0.3) is 11.3 Å². The lowest BCUT2D eigenvalue weighted by atomic mass is 10.1. The highest BCUT2D eigenvalue weighted by Crippen LogP contribution is 2.25. The van der Waals surface area contributed by atoms with Gasteiger partial charge in [-0.1, -0.05) is 0 Å². The Morgan fingerprint density at radius 3 is 2.71 bits per heavy atom. The first-order valence-electron chi connectivity index (χ1n) is 4.77. The fourth-order valence-corrected chi connectivity index (χ4v) is 1.46. The molecule has 0 aliphatic heterocycles. The molecule has 0 fully saturated rings. The van der Waals surface area contributed by atoms with Crippen molar-refractivity contribution in [3.8, 4) is 17.0 Å². The van der Waals surface area contributed by atoms with Gasteiger partial charge in [-0.2, -0.15) is 0 Å². The van der Waals surface area contributed by atoms with Gasteiger partial charge in [0.2, 0.25) is 0 Å². The monoisotopic (exact) mass is 233 g/mol. The number of rotatable bonds is 2. The summed E-state index contributed by atoms with van der Waals surface area (Å²) < 4.78 is 13.2. The van der Waals surface area contributed by atoms with Gasteiger partial charge in [-0.3, -0.25) is 4.98 Å². The van der Waals surface area contributed by atoms with E-state index in [0.29, 0.717) is 5.56 Å². The molecule has 0 saturated carbocycles. The fraction of sp³-hybridized carbons (Fsp3) is 0. The molecule has 86 valence electrons. The van der Waals surface area contributed by atoms with Crippen molar-refractivity contribution in [2.45, 2.75) is 0 Å². The van der Waals surface area contributed by atoms with E-state index in [-0.39, 0.29) is 11.3 Å². The van der Waals surface area contributed by atoms with Crippen LogP contribution in [-0.4, -0.2) is 21.2 Å². The molecular weight excluding hydrogens is 225 g/mol. The van der Waals surface area contributed by atoms with Crippen LogP contribution in [-0.2, 0) is 0 Å². The summed E-state index contributed by atoms with van der Waals surface area (Å²) in [6.45, 7) is 0. The summed E-state index contributed by atoms with van der Waals surface area (Å²) in [5.41, 5.74) is 0.454. The summed E-state index contributed by atoms with van der Waals surface area (Å²) >= 11 is 0. The molecule has 0 amide bonds. The third-order valence-electron chi connectivity index (χ3n) is 2.26. The Morgan fingerprint density at radius 2 is 2.06 bits per heavy atom. The van der Waals surface area contributed by atoms with Gasteiger partial charge in [-0.25, -0.2) is 9.18 Å². The lowest BCUT2D eigenvalue weighted by molar-refractivity contribution is 0.0697. The van der Waals surface area contributed by atoms with Crippen LogP contribution in [0.2, 0.25) is 0 Å². The van der Waals surface area contributed by atoms with Gasteiger partial charge >= 0.3 is 5.97 Å². The van der Waals surface area contributed by atoms with Crippen LogP contribution in [0, 0.1) is 5.82 Å². The molecule has 0 unspecified atom stereocenters. The van der Waals surface area contributed by atoms with E-state index < -0.39 is 17.5 Å². The molecule has 5 heteroatoms. The zero-order valence-corrected chi connectivity index (χ0v) is 8.59. The van der Waals surface area contributed by atoms with Gasteiger partial charge in [0.05, 0.1) is 11.3 Å². The number of phenols is 1. The topological polar surface area (TPSA) is 70.4 Å². The number of phenolic OH excluding ortho intramolecular Hbond substituents is 1. The Labute approximate surface area is 96.0 Å². The Hall–Kier alpha value is -2.43. The summed E-state index contributed by atoms with van der Waals surface area (Å²) in [7, 11) is 0.